The maximum Gasteiger partial charge on any atom is 0.0610 e. The first-order chi connectivity index (χ1) is 9.99. The smallest absolute Gasteiger partial charge is 0.0610 e. The van der Waals surface area contributed by atoms with Gasteiger partial charge in [0, 0.05) is 44.8 Å². The van der Waals surface area contributed by atoms with Gasteiger partial charge in [-0.1, -0.05) is 6.42 Å². The first-order valence-electron chi connectivity index (χ1n) is 8.38. The minimum Gasteiger partial charge on any atom is -0.394 e. The van der Waals surface area contributed by atoms with E-state index >= 15 is 0 Å². The predicted octanol–water partition coefficient (Wildman–Crippen LogP) is 0.306. The molecule has 5 nitrogen and oxygen atoms in total. The summed E-state index contributed by atoms with van der Waals surface area (Å²) in [5.41, 5.74) is -0.106. The molecule has 0 aromatic heterocycles. The second kappa shape index (κ2) is 9.74. The fourth-order valence-corrected chi connectivity index (χ4v) is 2.71. The summed E-state index contributed by atoms with van der Waals surface area (Å²) < 4.78 is 0. The SMILES string of the molecule is CNC(C)(CO)CCCCN1CCN(CCN(C)C)CC1. The second-order valence-electron chi connectivity index (χ2n) is 6.91. The average Bonchev–Trinajstić information content (AvgIpc) is 2.50. The molecule has 0 spiro atoms. The van der Waals surface area contributed by atoms with Gasteiger partial charge in [-0.05, 0) is 47.5 Å². The van der Waals surface area contributed by atoms with Gasteiger partial charge in [-0.3, -0.25) is 4.90 Å². The number of rotatable bonds is 10. The van der Waals surface area contributed by atoms with Crippen molar-refractivity contribution >= 4 is 0 Å². The Bertz CT molecular complexity index is 261. The number of aliphatic hydroxyl groups excluding tert-OH is 1. The molecule has 5 heteroatoms. The molecule has 1 rings (SSSR count). The zero-order valence-electron chi connectivity index (χ0n) is 14.6. The Hall–Kier alpha value is -0.200. The van der Waals surface area contributed by atoms with Crippen LogP contribution in [0.5, 0.6) is 0 Å². The molecule has 1 fully saturated rings. The number of piperazine rings is 1. The third-order valence-electron chi connectivity index (χ3n) is 4.73. The molecule has 0 aromatic carbocycles. The molecule has 2 N–H and O–H groups in total. The molecule has 1 atom stereocenters. The van der Waals surface area contributed by atoms with E-state index in [1.165, 1.54) is 52.1 Å². The molecular formula is C16H36N4O. The molecule has 0 radical (unpaired) electrons. The van der Waals surface area contributed by atoms with Crippen molar-refractivity contribution in [3.63, 3.8) is 0 Å². The number of unbranched alkanes of at least 4 members (excludes halogenated alkanes) is 1. The molecule has 21 heavy (non-hydrogen) atoms. The zero-order chi connectivity index (χ0) is 15.7. The summed E-state index contributed by atoms with van der Waals surface area (Å²) in [6, 6.07) is 0. The van der Waals surface area contributed by atoms with Gasteiger partial charge in [0.05, 0.1) is 6.61 Å². The van der Waals surface area contributed by atoms with E-state index in [0.717, 1.165) is 13.0 Å². The van der Waals surface area contributed by atoms with Crippen LogP contribution < -0.4 is 5.32 Å². The molecule has 1 heterocycles. The lowest BCUT2D eigenvalue weighted by molar-refractivity contribution is 0.121. The van der Waals surface area contributed by atoms with Crippen LogP contribution in [0.3, 0.4) is 0 Å². The second-order valence-corrected chi connectivity index (χ2v) is 6.91. The first kappa shape index (κ1) is 18.8. The van der Waals surface area contributed by atoms with E-state index in [4.69, 9.17) is 0 Å². The van der Waals surface area contributed by atoms with Crippen molar-refractivity contribution in [3.8, 4) is 0 Å². The number of likely N-dealkylation sites (N-methyl/N-ethyl adjacent to an activating group) is 2. The lowest BCUT2D eigenvalue weighted by atomic mass is 9.96. The van der Waals surface area contributed by atoms with Gasteiger partial charge in [0.15, 0.2) is 0 Å². The van der Waals surface area contributed by atoms with Crippen LogP contribution in [0.1, 0.15) is 26.2 Å². The van der Waals surface area contributed by atoms with Gasteiger partial charge in [0.25, 0.3) is 0 Å². The molecule has 1 aliphatic rings. The highest BCUT2D eigenvalue weighted by atomic mass is 16.3. The Morgan fingerprint density at radius 2 is 1.62 bits per heavy atom. The van der Waals surface area contributed by atoms with Crippen LogP contribution >= 0.6 is 0 Å². The largest absolute Gasteiger partial charge is 0.394 e. The third kappa shape index (κ3) is 7.56. The molecule has 0 bridgehead atoms. The fraction of sp³-hybridized carbons (Fsp3) is 1.00. The monoisotopic (exact) mass is 300 g/mol. The third-order valence-corrected chi connectivity index (χ3v) is 4.73. The normalized spacial score (nSPS) is 20.9. The molecule has 0 aromatic rings. The Balaban J connectivity index is 2.08. The van der Waals surface area contributed by atoms with Gasteiger partial charge in [-0.2, -0.15) is 0 Å². The lowest BCUT2D eigenvalue weighted by Gasteiger charge is -2.35. The molecule has 1 unspecified atom stereocenters. The van der Waals surface area contributed by atoms with Gasteiger partial charge in [-0.25, -0.2) is 0 Å². The Morgan fingerprint density at radius 3 is 2.10 bits per heavy atom. The summed E-state index contributed by atoms with van der Waals surface area (Å²) in [4.78, 5) is 7.41. The van der Waals surface area contributed by atoms with Crippen LogP contribution in [0.15, 0.2) is 0 Å². The Kier molecular flexibility index (Phi) is 8.74. The van der Waals surface area contributed by atoms with Gasteiger partial charge < -0.3 is 20.2 Å². The van der Waals surface area contributed by atoms with Crippen molar-refractivity contribution in [1.82, 2.24) is 20.0 Å². The van der Waals surface area contributed by atoms with E-state index in [9.17, 15) is 5.11 Å². The maximum atomic E-state index is 9.37. The standard InChI is InChI=1S/C16H36N4O/c1-16(15-21,17-2)7-5-6-8-19-11-13-20(14-12-19)10-9-18(3)4/h17,21H,5-15H2,1-4H3. The molecule has 0 amide bonds. The van der Waals surface area contributed by atoms with E-state index in [-0.39, 0.29) is 12.1 Å². The zero-order valence-corrected chi connectivity index (χ0v) is 14.6. The van der Waals surface area contributed by atoms with Gasteiger partial charge in [0.2, 0.25) is 0 Å². The molecule has 0 aliphatic carbocycles. The van der Waals surface area contributed by atoms with Crippen LogP contribution in [-0.2, 0) is 0 Å². The molecule has 0 saturated carbocycles. The summed E-state index contributed by atoms with van der Waals surface area (Å²) in [5.74, 6) is 0. The van der Waals surface area contributed by atoms with Crippen LogP contribution in [0, 0.1) is 0 Å². The van der Waals surface area contributed by atoms with Crippen molar-refractivity contribution in [2.24, 2.45) is 0 Å². The van der Waals surface area contributed by atoms with Crippen LogP contribution in [0.25, 0.3) is 0 Å². The van der Waals surface area contributed by atoms with E-state index in [1.807, 2.05) is 7.05 Å². The number of nitrogens with zero attached hydrogens (tertiary/aromatic N) is 3. The minimum atomic E-state index is -0.106. The number of aliphatic hydroxyl groups is 1. The Morgan fingerprint density at radius 1 is 1.05 bits per heavy atom. The minimum absolute atomic E-state index is 0.106. The molecule has 1 saturated heterocycles. The summed E-state index contributed by atoms with van der Waals surface area (Å²) in [6.45, 7) is 10.7. The highest BCUT2D eigenvalue weighted by Crippen LogP contribution is 2.13. The van der Waals surface area contributed by atoms with Crippen molar-refractivity contribution < 1.29 is 5.11 Å². The topological polar surface area (TPSA) is 42.0 Å². The summed E-state index contributed by atoms with van der Waals surface area (Å²) >= 11 is 0. The Labute approximate surface area is 131 Å². The summed E-state index contributed by atoms with van der Waals surface area (Å²) in [7, 11) is 6.21. The van der Waals surface area contributed by atoms with Crippen LogP contribution in [-0.4, -0.2) is 98.9 Å². The number of hydrogen-bond donors (Lipinski definition) is 2. The first-order valence-corrected chi connectivity index (χ1v) is 8.38. The summed E-state index contributed by atoms with van der Waals surface area (Å²) in [6.07, 6.45) is 3.45. The maximum absolute atomic E-state index is 9.37. The van der Waals surface area contributed by atoms with E-state index in [0.29, 0.717) is 0 Å². The molecule has 1 aliphatic heterocycles. The van der Waals surface area contributed by atoms with E-state index in [1.54, 1.807) is 0 Å². The van der Waals surface area contributed by atoms with Crippen molar-refractivity contribution in [1.29, 1.82) is 0 Å². The molecular weight excluding hydrogens is 264 g/mol. The van der Waals surface area contributed by atoms with E-state index < -0.39 is 0 Å². The quantitative estimate of drug-likeness (QED) is 0.568. The number of hydrogen-bond acceptors (Lipinski definition) is 5. The summed E-state index contributed by atoms with van der Waals surface area (Å²) in [5, 5.41) is 12.6. The fourth-order valence-electron chi connectivity index (χ4n) is 2.71. The van der Waals surface area contributed by atoms with Crippen LogP contribution in [0.2, 0.25) is 0 Å². The van der Waals surface area contributed by atoms with Crippen LogP contribution in [0.4, 0.5) is 0 Å². The molecule has 126 valence electrons. The number of nitrogens with one attached hydrogen (secondary N) is 1. The van der Waals surface area contributed by atoms with Gasteiger partial charge >= 0.3 is 0 Å². The highest BCUT2D eigenvalue weighted by Gasteiger charge is 2.20. The highest BCUT2D eigenvalue weighted by molar-refractivity contribution is 4.80. The van der Waals surface area contributed by atoms with Crippen molar-refractivity contribution in [2.75, 3.05) is 73.6 Å². The van der Waals surface area contributed by atoms with Gasteiger partial charge in [-0.15, -0.1) is 0 Å². The van der Waals surface area contributed by atoms with Crippen molar-refractivity contribution in [3.05, 3.63) is 0 Å². The average molecular weight is 300 g/mol. The predicted molar refractivity (Wildman–Crippen MR) is 89.8 cm³/mol. The van der Waals surface area contributed by atoms with E-state index in [2.05, 4.69) is 41.0 Å². The lowest BCUT2D eigenvalue weighted by Crippen LogP contribution is -2.48. The van der Waals surface area contributed by atoms with Gasteiger partial charge in [0.1, 0.15) is 0 Å². The van der Waals surface area contributed by atoms with Crippen molar-refractivity contribution in [2.45, 2.75) is 31.7 Å².